The number of unbranched alkanes of at least 4 members (excludes halogenated alkanes) is 1. The van der Waals surface area contributed by atoms with Crippen molar-refractivity contribution < 1.29 is 0 Å². The molecule has 0 aromatic carbocycles. The van der Waals surface area contributed by atoms with Gasteiger partial charge in [0.2, 0.25) is 0 Å². The Morgan fingerprint density at radius 2 is 2.10 bits per heavy atom. The largest absolute Gasteiger partial charge is 0.258 e. The summed E-state index contributed by atoms with van der Waals surface area (Å²) in [6.45, 7) is 4.21. The molecule has 0 spiro atoms. The van der Waals surface area contributed by atoms with Crippen LogP contribution in [0.3, 0.4) is 0 Å². The van der Waals surface area contributed by atoms with Crippen LogP contribution in [0.25, 0.3) is 0 Å². The maximum Gasteiger partial charge on any atom is 0.0365 e. The summed E-state index contributed by atoms with van der Waals surface area (Å²) in [7, 11) is 1.93. The van der Waals surface area contributed by atoms with Gasteiger partial charge in [-0.25, -0.2) is 5.01 Å². The fourth-order valence-electron chi connectivity index (χ4n) is 0.786. The quantitative estimate of drug-likeness (QED) is 0.473. The van der Waals surface area contributed by atoms with Crippen molar-refractivity contribution in [3.63, 3.8) is 0 Å². The van der Waals surface area contributed by atoms with E-state index in [-0.39, 0.29) is 0 Å². The average molecular weight is 165 g/mol. The molecule has 0 heterocycles. The number of nitrogens with zero attached hydrogens (tertiary/aromatic N) is 1. The highest BCUT2D eigenvalue weighted by molar-refractivity contribution is 6.18. The van der Waals surface area contributed by atoms with E-state index in [0.717, 1.165) is 13.1 Å². The summed E-state index contributed by atoms with van der Waals surface area (Å²) >= 11 is 5.57. The molecule has 0 amide bonds. The van der Waals surface area contributed by atoms with E-state index in [1.54, 1.807) is 0 Å². The van der Waals surface area contributed by atoms with E-state index in [0.29, 0.717) is 5.88 Å². The Hall–Kier alpha value is 0.210. The highest BCUT2D eigenvalue weighted by Crippen LogP contribution is 1.91. The number of rotatable bonds is 6. The van der Waals surface area contributed by atoms with Crippen LogP contribution in [0.5, 0.6) is 0 Å². The lowest BCUT2D eigenvalue weighted by Gasteiger charge is -2.18. The van der Waals surface area contributed by atoms with Crippen molar-refractivity contribution in [2.75, 3.05) is 26.0 Å². The Labute approximate surface area is 68.5 Å². The molecule has 3 heteroatoms. The summed E-state index contributed by atoms with van der Waals surface area (Å²) in [6, 6.07) is 0. The maximum absolute atomic E-state index is 5.57. The Morgan fingerprint density at radius 3 is 2.50 bits per heavy atom. The van der Waals surface area contributed by atoms with Crippen LogP contribution >= 0.6 is 11.6 Å². The van der Waals surface area contributed by atoms with Gasteiger partial charge in [-0.3, -0.25) is 5.43 Å². The standard InChI is InChI=1S/C7H17ClN2/c1-3-4-6-10(9-2)7-5-8/h9H,3-7H2,1-2H3. The second kappa shape index (κ2) is 7.32. The molecule has 1 N–H and O–H groups in total. The fourth-order valence-corrected chi connectivity index (χ4v) is 0.990. The van der Waals surface area contributed by atoms with Crippen LogP contribution < -0.4 is 5.43 Å². The van der Waals surface area contributed by atoms with Gasteiger partial charge in [0.15, 0.2) is 0 Å². The second-order valence-electron chi connectivity index (χ2n) is 2.25. The number of nitrogens with one attached hydrogen (secondary N) is 1. The van der Waals surface area contributed by atoms with E-state index in [1.807, 2.05) is 7.05 Å². The Kier molecular flexibility index (Phi) is 7.47. The fraction of sp³-hybridized carbons (Fsp3) is 1.00. The number of halogens is 1. The van der Waals surface area contributed by atoms with Crippen molar-refractivity contribution in [3.8, 4) is 0 Å². The van der Waals surface area contributed by atoms with E-state index in [9.17, 15) is 0 Å². The zero-order valence-electron chi connectivity index (χ0n) is 6.86. The van der Waals surface area contributed by atoms with Crippen LogP contribution in [-0.4, -0.2) is 31.0 Å². The van der Waals surface area contributed by atoms with E-state index in [2.05, 4.69) is 17.4 Å². The molecule has 0 bridgehead atoms. The minimum absolute atomic E-state index is 0.699. The minimum atomic E-state index is 0.699. The smallest absolute Gasteiger partial charge is 0.0365 e. The molecular weight excluding hydrogens is 148 g/mol. The van der Waals surface area contributed by atoms with Crippen molar-refractivity contribution >= 4 is 11.6 Å². The predicted molar refractivity (Wildman–Crippen MR) is 46.3 cm³/mol. The topological polar surface area (TPSA) is 15.3 Å². The van der Waals surface area contributed by atoms with Gasteiger partial charge in [-0.1, -0.05) is 13.3 Å². The lowest BCUT2D eigenvalue weighted by atomic mass is 10.3. The van der Waals surface area contributed by atoms with Crippen molar-refractivity contribution in [2.45, 2.75) is 19.8 Å². The monoisotopic (exact) mass is 164 g/mol. The second-order valence-corrected chi connectivity index (χ2v) is 2.63. The molecule has 0 aromatic rings. The minimum Gasteiger partial charge on any atom is -0.258 e. The molecule has 0 atom stereocenters. The van der Waals surface area contributed by atoms with Crippen LogP contribution in [0.15, 0.2) is 0 Å². The highest BCUT2D eigenvalue weighted by Gasteiger charge is 1.97. The molecular formula is C7H17ClN2. The predicted octanol–water partition coefficient (Wildman–Crippen LogP) is 1.46. The van der Waals surface area contributed by atoms with Crippen molar-refractivity contribution in [2.24, 2.45) is 0 Å². The first-order chi connectivity index (χ1) is 4.85. The highest BCUT2D eigenvalue weighted by atomic mass is 35.5. The zero-order valence-corrected chi connectivity index (χ0v) is 7.62. The summed E-state index contributed by atoms with van der Waals surface area (Å²) in [6.07, 6.45) is 2.47. The molecule has 0 aliphatic rings. The first kappa shape index (κ1) is 10.2. The van der Waals surface area contributed by atoms with Gasteiger partial charge in [0.05, 0.1) is 0 Å². The molecule has 10 heavy (non-hydrogen) atoms. The van der Waals surface area contributed by atoms with Gasteiger partial charge < -0.3 is 0 Å². The molecule has 0 aliphatic carbocycles. The number of hydrazine groups is 1. The third-order valence-corrected chi connectivity index (χ3v) is 1.62. The summed E-state index contributed by atoms with van der Waals surface area (Å²) in [5.41, 5.74) is 3.09. The molecule has 2 nitrogen and oxygen atoms in total. The third-order valence-electron chi connectivity index (χ3n) is 1.45. The first-order valence-corrected chi connectivity index (χ1v) is 4.36. The van der Waals surface area contributed by atoms with Gasteiger partial charge in [0, 0.05) is 19.0 Å². The normalized spacial score (nSPS) is 10.8. The molecule has 0 unspecified atom stereocenters. The summed E-state index contributed by atoms with van der Waals surface area (Å²) in [5, 5.41) is 2.14. The van der Waals surface area contributed by atoms with E-state index in [1.165, 1.54) is 12.8 Å². The molecule has 0 fully saturated rings. The van der Waals surface area contributed by atoms with Crippen molar-refractivity contribution in [1.29, 1.82) is 0 Å². The Bertz CT molecular complexity index is 68.6. The van der Waals surface area contributed by atoms with Gasteiger partial charge in [-0.05, 0) is 13.5 Å². The molecule has 0 saturated heterocycles. The SMILES string of the molecule is CCCCN(CCCl)NC. The number of hydrogen-bond donors (Lipinski definition) is 1. The third kappa shape index (κ3) is 5.03. The van der Waals surface area contributed by atoms with Gasteiger partial charge in [-0.2, -0.15) is 0 Å². The van der Waals surface area contributed by atoms with Crippen LogP contribution in [0.1, 0.15) is 19.8 Å². The Balaban J connectivity index is 3.21. The molecule has 0 radical (unpaired) electrons. The molecule has 0 rings (SSSR count). The summed E-state index contributed by atoms with van der Waals surface area (Å²) in [5.74, 6) is 0.699. The first-order valence-electron chi connectivity index (χ1n) is 3.83. The van der Waals surface area contributed by atoms with Gasteiger partial charge >= 0.3 is 0 Å². The molecule has 0 aromatic heterocycles. The van der Waals surface area contributed by atoms with Crippen LogP contribution in [0, 0.1) is 0 Å². The summed E-state index contributed by atoms with van der Waals surface area (Å²) in [4.78, 5) is 0. The Morgan fingerprint density at radius 1 is 1.40 bits per heavy atom. The average Bonchev–Trinajstić information content (AvgIpc) is 1.98. The van der Waals surface area contributed by atoms with Crippen molar-refractivity contribution in [3.05, 3.63) is 0 Å². The van der Waals surface area contributed by atoms with Gasteiger partial charge in [-0.15, -0.1) is 11.6 Å². The zero-order chi connectivity index (χ0) is 7.82. The van der Waals surface area contributed by atoms with Gasteiger partial charge in [0.1, 0.15) is 0 Å². The number of alkyl halides is 1. The summed E-state index contributed by atoms with van der Waals surface area (Å²) < 4.78 is 0. The molecule has 0 aliphatic heterocycles. The molecule has 0 saturated carbocycles. The lowest BCUT2D eigenvalue weighted by molar-refractivity contribution is 0.217. The van der Waals surface area contributed by atoms with E-state index in [4.69, 9.17) is 11.6 Å². The van der Waals surface area contributed by atoms with E-state index >= 15 is 0 Å². The number of hydrogen-bond acceptors (Lipinski definition) is 2. The van der Waals surface area contributed by atoms with Crippen molar-refractivity contribution in [1.82, 2.24) is 10.4 Å². The van der Waals surface area contributed by atoms with Crippen LogP contribution in [0.2, 0.25) is 0 Å². The van der Waals surface area contributed by atoms with E-state index < -0.39 is 0 Å². The maximum atomic E-state index is 5.57. The van der Waals surface area contributed by atoms with Crippen LogP contribution in [-0.2, 0) is 0 Å². The van der Waals surface area contributed by atoms with Crippen LogP contribution in [0.4, 0.5) is 0 Å². The molecule has 62 valence electrons. The van der Waals surface area contributed by atoms with Gasteiger partial charge in [0.25, 0.3) is 0 Å². The lowest BCUT2D eigenvalue weighted by Crippen LogP contribution is -2.37.